The number of nitrogens with one attached hydrogen (secondary N) is 2. The Morgan fingerprint density at radius 2 is 2.09 bits per heavy atom. The number of para-hydroxylation sites is 1. The zero-order valence-corrected chi connectivity index (χ0v) is 20.6. The van der Waals surface area contributed by atoms with E-state index in [0.29, 0.717) is 18.8 Å². The zero-order chi connectivity index (χ0) is 23.8. The van der Waals surface area contributed by atoms with E-state index >= 15 is 0 Å². The van der Waals surface area contributed by atoms with Crippen LogP contribution in [0, 0.1) is 0 Å². The van der Waals surface area contributed by atoms with Crippen molar-refractivity contribution in [3.63, 3.8) is 0 Å². The second-order valence-electron chi connectivity index (χ2n) is 8.87. The van der Waals surface area contributed by atoms with Gasteiger partial charge in [0.1, 0.15) is 11.5 Å². The Hall–Kier alpha value is -3.72. The Morgan fingerprint density at radius 1 is 1.17 bits per heavy atom. The maximum Gasteiger partial charge on any atom is 0.270 e. The molecule has 1 atom stereocenters. The number of rotatable bonds is 5. The van der Waals surface area contributed by atoms with Gasteiger partial charge in [0.05, 0.1) is 16.4 Å². The monoisotopic (exact) mass is 529 g/mol. The first kappa shape index (κ1) is 21.8. The summed E-state index contributed by atoms with van der Waals surface area (Å²) in [5.74, 6) is 1.04. The topological polar surface area (TPSA) is 91.2 Å². The molecule has 9 heteroatoms. The number of aromatic nitrogens is 5. The number of carbonyl (C=O) groups is 1. The summed E-state index contributed by atoms with van der Waals surface area (Å²) in [7, 11) is 0. The van der Waals surface area contributed by atoms with Gasteiger partial charge in [0.15, 0.2) is 5.65 Å². The van der Waals surface area contributed by atoms with Crippen molar-refractivity contribution in [2.24, 2.45) is 0 Å². The van der Waals surface area contributed by atoms with Crippen LogP contribution >= 0.6 is 15.9 Å². The Balaban J connectivity index is 1.27. The van der Waals surface area contributed by atoms with Gasteiger partial charge in [-0.05, 0) is 52.5 Å². The average molecular weight is 530 g/mol. The molecule has 5 aromatic rings. The van der Waals surface area contributed by atoms with Crippen LogP contribution < -0.4 is 5.32 Å². The van der Waals surface area contributed by atoms with Crippen LogP contribution in [0.3, 0.4) is 0 Å². The fraction of sp³-hybridized carbons (Fsp3) is 0.231. The number of hydrogen-bond acceptors (Lipinski definition) is 5. The summed E-state index contributed by atoms with van der Waals surface area (Å²) in [6.07, 6.45) is 7.28. The molecule has 1 fully saturated rings. The number of H-pyrrole nitrogens is 1. The predicted molar refractivity (Wildman–Crippen MR) is 138 cm³/mol. The average Bonchev–Trinajstić information content (AvgIpc) is 3.51. The summed E-state index contributed by atoms with van der Waals surface area (Å²) in [5.41, 5.74) is 4.41. The molecule has 4 aromatic heterocycles. The van der Waals surface area contributed by atoms with Crippen LogP contribution in [0.25, 0.3) is 16.6 Å². The van der Waals surface area contributed by atoms with Crippen molar-refractivity contribution < 1.29 is 4.79 Å². The van der Waals surface area contributed by atoms with Gasteiger partial charge < -0.3 is 15.2 Å². The molecule has 0 spiro atoms. The van der Waals surface area contributed by atoms with E-state index in [0.717, 1.165) is 57.5 Å². The number of amides is 1. The molecule has 0 bridgehead atoms. The zero-order valence-electron chi connectivity index (χ0n) is 19.0. The Bertz CT molecular complexity index is 1480. The third-order valence-corrected chi connectivity index (χ3v) is 7.09. The summed E-state index contributed by atoms with van der Waals surface area (Å²) in [6, 6.07) is 15.9. The van der Waals surface area contributed by atoms with Gasteiger partial charge in [-0.1, -0.05) is 24.3 Å². The number of aromatic amines is 1. The number of likely N-dealkylation sites (tertiary alicyclic amines) is 1. The van der Waals surface area contributed by atoms with E-state index in [1.807, 2.05) is 53.6 Å². The van der Waals surface area contributed by atoms with E-state index < -0.39 is 0 Å². The molecular formula is C26H24BrN7O. The molecule has 35 heavy (non-hydrogen) atoms. The number of halogens is 1. The van der Waals surface area contributed by atoms with Crippen LogP contribution in [0.1, 0.15) is 40.5 Å². The van der Waals surface area contributed by atoms with Crippen molar-refractivity contribution in [2.45, 2.75) is 25.3 Å². The van der Waals surface area contributed by atoms with Crippen LogP contribution in [0.4, 0.5) is 5.82 Å². The molecule has 2 N–H and O–H groups in total. The van der Waals surface area contributed by atoms with Gasteiger partial charge >= 0.3 is 0 Å². The standard InChI is InChI=1S/C26H24BrN7O/c27-20-15-30-34-24(29-14-17-5-3-9-28-13-17)12-22(32-25(20)34)19-7-4-10-33(16-19)26(35)23-11-18-6-1-2-8-21(18)31-23/h1-3,5-6,8-9,11-13,15,19,29,31H,4,7,10,14,16H2. The van der Waals surface area contributed by atoms with Gasteiger partial charge in [0, 0.05) is 54.9 Å². The molecule has 1 aliphatic heterocycles. The lowest BCUT2D eigenvalue weighted by molar-refractivity contribution is 0.0701. The van der Waals surface area contributed by atoms with E-state index in [9.17, 15) is 4.79 Å². The highest BCUT2D eigenvalue weighted by molar-refractivity contribution is 9.10. The minimum atomic E-state index is 0.0347. The maximum absolute atomic E-state index is 13.3. The molecule has 6 rings (SSSR count). The largest absolute Gasteiger partial charge is 0.366 e. The number of piperidine rings is 1. The molecule has 1 saturated heterocycles. The lowest BCUT2D eigenvalue weighted by Crippen LogP contribution is -2.39. The summed E-state index contributed by atoms with van der Waals surface area (Å²) in [4.78, 5) is 27.7. The minimum Gasteiger partial charge on any atom is -0.366 e. The summed E-state index contributed by atoms with van der Waals surface area (Å²) >= 11 is 3.59. The number of nitrogens with zero attached hydrogens (tertiary/aromatic N) is 5. The van der Waals surface area contributed by atoms with Crippen molar-refractivity contribution in [1.29, 1.82) is 0 Å². The molecule has 1 aliphatic rings. The molecule has 1 amide bonds. The van der Waals surface area contributed by atoms with Crippen LogP contribution in [0.15, 0.2) is 71.6 Å². The molecule has 0 saturated carbocycles. The van der Waals surface area contributed by atoms with Crippen LogP contribution in [-0.4, -0.2) is 48.5 Å². The van der Waals surface area contributed by atoms with Crippen molar-refractivity contribution in [1.82, 2.24) is 29.5 Å². The highest BCUT2D eigenvalue weighted by Crippen LogP contribution is 2.30. The van der Waals surface area contributed by atoms with E-state index in [4.69, 9.17) is 4.98 Å². The predicted octanol–water partition coefficient (Wildman–Crippen LogP) is 5.00. The highest BCUT2D eigenvalue weighted by atomic mass is 79.9. The fourth-order valence-corrected chi connectivity index (χ4v) is 5.10. The van der Waals surface area contributed by atoms with Gasteiger partial charge in [-0.25, -0.2) is 4.98 Å². The number of benzene rings is 1. The van der Waals surface area contributed by atoms with Crippen molar-refractivity contribution >= 4 is 44.2 Å². The van der Waals surface area contributed by atoms with Gasteiger partial charge in [-0.2, -0.15) is 9.61 Å². The van der Waals surface area contributed by atoms with E-state index in [-0.39, 0.29) is 11.8 Å². The van der Waals surface area contributed by atoms with Crippen LogP contribution in [-0.2, 0) is 6.54 Å². The lowest BCUT2D eigenvalue weighted by atomic mass is 9.94. The van der Waals surface area contributed by atoms with Gasteiger partial charge in [-0.15, -0.1) is 0 Å². The van der Waals surface area contributed by atoms with Crippen molar-refractivity contribution in [3.05, 3.63) is 88.5 Å². The molecule has 176 valence electrons. The van der Waals surface area contributed by atoms with Crippen LogP contribution in [0.5, 0.6) is 0 Å². The highest BCUT2D eigenvalue weighted by Gasteiger charge is 2.28. The Labute approximate surface area is 210 Å². The Kier molecular flexibility index (Phi) is 5.69. The normalized spacial score (nSPS) is 16.1. The number of anilines is 1. The smallest absolute Gasteiger partial charge is 0.270 e. The summed E-state index contributed by atoms with van der Waals surface area (Å²) < 4.78 is 2.64. The fourth-order valence-electron chi connectivity index (χ4n) is 4.75. The molecule has 0 radical (unpaired) electrons. The third-order valence-electron chi connectivity index (χ3n) is 6.53. The minimum absolute atomic E-state index is 0.0347. The molecule has 8 nitrogen and oxygen atoms in total. The SMILES string of the molecule is O=C(c1cc2ccccc2[nH]1)N1CCCC(c2cc(NCc3cccnc3)n3ncc(Br)c3n2)C1. The van der Waals surface area contributed by atoms with Gasteiger partial charge in [0.25, 0.3) is 5.91 Å². The molecule has 1 aromatic carbocycles. The van der Waals surface area contributed by atoms with E-state index in [1.165, 1.54) is 0 Å². The van der Waals surface area contributed by atoms with E-state index in [2.05, 4.69) is 42.4 Å². The second-order valence-corrected chi connectivity index (χ2v) is 9.72. The first-order valence-electron chi connectivity index (χ1n) is 11.7. The number of pyridine rings is 1. The molecular weight excluding hydrogens is 506 g/mol. The first-order valence-corrected chi connectivity index (χ1v) is 12.5. The second kappa shape index (κ2) is 9.14. The summed E-state index contributed by atoms with van der Waals surface area (Å²) in [5, 5.41) is 9.01. The van der Waals surface area contributed by atoms with Crippen molar-refractivity contribution in [3.8, 4) is 0 Å². The maximum atomic E-state index is 13.3. The number of carbonyl (C=O) groups excluding carboxylic acids is 1. The summed E-state index contributed by atoms with van der Waals surface area (Å²) in [6.45, 7) is 2.00. The molecule has 1 unspecified atom stereocenters. The van der Waals surface area contributed by atoms with Gasteiger partial charge in [-0.3, -0.25) is 9.78 Å². The number of fused-ring (bicyclic) bond motifs is 2. The quantitative estimate of drug-likeness (QED) is 0.334. The van der Waals surface area contributed by atoms with Crippen LogP contribution in [0.2, 0.25) is 0 Å². The lowest BCUT2D eigenvalue weighted by Gasteiger charge is -2.32. The third kappa shape index (κ3) is 4.27. The first-order chi connectivity index (χ1) is 17.2. The molecule has 5 heterocycles. The Morgan fingerprint density at radius 3 is 2.94 bits per heavy atom. The van der Waals surface area contributed by atoms with E-state index in [1.54, 1.807) is 16.9 Å². The van der Waals surface area contributed by atoms with Crippen molar-refractivity contribution in [2.75, 3.05) is 18.4 Å². The van der Waals surface area contributed by atoms with Gasteiger partial charge in [0.2, 0.25) is 0 Å². The molecule has 0 aliphatic carbocycles. The number of hydrogen-bond donors (Lipinski definition) is 2.